The predicted octanol–water partition coefficient (Wildman–Crippen LogP) is 2.54. The standard InChI is InChI=1S/C16H17BrN3O2/c1-2-7-20(10-15(18)21)16(22)11-5-6-19-14-4-3-13(17)9-12(14)8-11/h3-4,8-9H,2,5,7,10H2,1H3,(H2,18,21). The lowest BCUT2D eigenvalue weighted by atomic mass is 10.1. The monoisotopic (exact) mass is 362 g/mol. The molecule has 22 heavy (non-hydrogen) atoms. The molecule has 0 spiro atoms. The zero-order chi connectivity index (χ0) is 16.1. The van der Waals surface area contributed by atoms with Crippen molar-refractivity contribution in [2.45, 2.75) is 19.8 Å². The summed E-state index contributed by atoms with van der Waals surface area (Å²) in [6.07, 6.45) is 5.75. The molecule has 6 heteroatoms. The lowest BCUT2D eigenvalue weighted by Gasteiger charge is -2.21. The maximum absolute atomic E-state index is 12.6. The summed E-state index contributed by atoms with van der Waals surface area (Å²) in [5, 5.41) is 0. The Balaban J connectivity index is 2.32. The number of rotatable bonds is 5. The molecule has 5 nitrogen and oxygen atoms in total. The number of fused-ring (bicyclic) bond motifs is 1. The number of hydrogen-bond acceptors (Lipinski definition) is 3. The van der Waals surface area contributed by atoms with Gasteiger partial charge in [0.05, 0.1) is 18.4 Å². The van der Waals surface area contributed by atoms with Gasteiger partial charge in [-0.05, 0) is 30.7 Å². The minimum absolute atomic E-state index is 0.0769. The van der Waals surface area contributed by atoms with Gasteiger partial charge in [0.1, 0.15) is 0 Å². The first-order valence-corrected chi connectivity index (χ1v) is 7.82. The van der Waals surface area contributed by atoms with Gasteiger partial charge in [-0.2, -0.15) is 0 Å². The Morgan fingerprint density at radius 3 is 2.91 bits per heavy atom. The van der Waals surface area contributed by atoms with Crippen LogP contribution in [0.15, 0.2) is 33.2 Å². The number of primary amides is 1. The van der Waals surface area contributed by atoms with E-state index < -0.39 is 5.91 Å². The zero-order valence-corrected chi connectivity index (χ0v) is 13.9. The number of aliphatic imine (C=N–C) groups is 1. The van der Waals surface area contributed by atoms with Crippen LogP contribution in [0.4, 0.5) is 5.69 Å². The molecule has 2 amide bonds. The van der Waals surface area contributed by atoms with Crippen molar-refractivity contribution in [1.82, 2.24) is 4.90 Å². The largest absolute Gasteiger partial charge is 0.368 e. The normalized spacial score (nSPS) is 13.1. The van der Waals surface area contributed by atoms with Gasteiger partial charge in [-0.15, -0.1) is 0 Å². The van der Waals surface area contributed by atoms with Crippen LogP contribution in [0.1, 0.15) is 25.3 Å². The Morgan fingerprint density at radius 2 is 2.23 bits per heavy atom. The molecule has 0 saturated heterocycles. The summed E-state index contributed by atoms with van der Waals surface area (Å²) >= 11 is 3.41. The Labute approximate surface area is 138 Å². The summed E-state index contributed by atoms with van der Waals surface area (Å²) in [5.41, 5.74) is 7.39. The van der Waals surface area contributed by atoms with Gasteiger partial charge in [0.15, 0.2) is 0 Å². The molecular weight excluding hydrogens is 346 g/mol. The van der Waals surface area contributed by atoms with Crippen LogP contribution in [0.3, 0.4) is 0 Å². The second kappa shape index (κ2) is 7.35. The van der Waals surface area contributed by atoms with Gasteiger partial charge < -0.3 is 10.6 Å². The number of halogens is 1. The van der Waals surface area contributed by atoms with Crippen LogP contribution < -0.4 is 5.73 Å². The van der Waals surface area contributed by atoms with Crippen LogP contribution in [0.2, 0.25) is 0 Å². The van der Waals surface area contributed by atoms with E-state index in [1.54, 1.807) is 6.08 Å². The molecule has 0 fully saturated rings. The minimum Gasteiger partial charge on any atom is -0.368 e. The Morgan fingerprint density at radius 1 is 1.45 bits per heavy atom. The fourth-order valence-electron chi connectivity index (χ4n) is 2.24. The summed E-state index contributed by atoms with van der Waals surface area (Å²) in [5.74, 6) is -0.715. The smallest absolute Gasteiger partial charge is 0.250 e. The van der Waals surface area contributed by atoms with Crippen molar-refractivity contribution < 1.29 is 9.59 Å². The molecule has 0 bridgehead atoms. The lowest BCUT2D eigenvalue weighted by Crippen LogP contribution is -2.39. The first-order chi connectivity index (χ1) is 10.5. The molecule has 1 aromatic rings. The molecule has 1 aliphatic heterocycles. The average molecular weight is 363 g/mol. The Kier molecular flexibility index (Phi) is 5.49. The lowest BCUT2D eigenvalue weighted by molar-refractivity contribution is -0.132. The third-order valence-corrected chi connectivity index (χ3v) is 3.68. The van der Waals surface area contributed by atoms with Gasteiger partial charge in [-0.1, -0.05) is 22.9 Å². The molecule has 1 aliphatic rings. The van der Waals surface area contributed by atoms with E-state index in [4.69, 9.17) is 5.73 Å². The van der Waals surface area contributed by atoms with E-state index in [-0.39, 0.29) is 12.5 Å². The van der Waals surface area contributed by atoms with Crippen LogP contribution in [-0.4, -0.2) is 36.0 Å². The average Bonchev–Trinajstić information content (AvgIpc) is 2.67. The molecule has 2 rings (SSSR count). The third-order valence-electron chi connectivity index (χ3n) is 3.19. The van der Waals surface area contributed by atoms with Gasteiger partial charge in [0.25, 0.3) is 5.91 Å². The molecule has 0 atom stereocenters. The highest BCUT2D eigenvalue weighted by Gasteiger charge is 2.20. The van der Waals surface area contributed by atoms with Crippen molar-refractivity contribution in [1.29, 1.82) is 0 Å². The SMILES string of the molecule is CCCN(CC(N)=O)C(=O)C1=Cc2cc(Br)ccc2N=[C]C1. The van der Waals surface area contributed by atoms with E-state index in [1.807, 2.05) is 25.1 Å². The summed E-state index contributed by atoms with van der Waals surface area (Å²) in [6, 6.07) is 5.65. The highest BCUT2D eigenvalue weighted by atomic mass is 79.9. The van der Waals surface area contributed by atoms with E-state index in [2.05, 4.69) is 27.1 Å². The van der Waals surface area contributed by atoms with Crippen molar-refractivity contribution in [3.05, 3.63) is 33.8 Å². The molecule has 0 aromatic heterocycles. The van der Waals surface area contributed by atoms with Crippen LogP contribution in [-0.2, 0) is 9.59 Å². The Bertz CT molecular complexity index is 653. The van der Waals surface area contributed by atoms with E-state index in [0.29, 0.717) is 18.5 Å². The highest BCUT2D eigenvalue weighted by Crippen LogP contribution is 2.28. The molecule has 1 aromatic carbocycles. The molecular formula is C16H17BrN3O2. The number of amides is 2. The van der Waals surface area contributed by atoms with Gasteiger partial charge in [-0.3, -0.25) is 14.6 Å². The first-order valence-electron chi connectivity index (χ1n) is 7.02. The quantitative estimate of drug-likeness (QED) is 0.873. The highest BCUT2D eigenvalue weighted by molar-refractivity contribution is 9.10. The maximum Gasteiger partial charge on any atom is 0.250 e. The van der Waals surface area contributed by atoms with Crippen LogP contribution in [0.5, 0.6) is 0 Å². The number of hydrogen-bond donors (Lipinski definition) is 1. The van der Waals surface area contributed by atoms with E-state index >= 15 is 0 Å². The van der Waals surface area contributed by atoms with Gasteiger partial charge in [0.2, 0.25) is 5.91 Å². The molecule has 0 unspecified atom stereocenters. The number of carbonyl (C=O) groups is 2. The second-order valence-corrected chi connectivity index (χ2v) is 5.93. The molecule has 0 aliphatic carbocycles. The molecule has 115 valence electrons. The number of carbonyl (C=O) groups excluding carboxylic acids is 2. The predicted molar refractivity (Wildman–Crippen MR) is 89.9 cm³/mol. The van der Waals surface area contributed by atoms with Crippen molar-refractivity contribution in [2.24, 2.45) is 10.7 Å². The van der Waals surface area contributed by atoms with Crippen LogP contribution in [0.25, 0.3) is 6.08 Å². The molecule has 1 heterocycles. The van der Waals surface area contributed by atoms with Gasteiger partial charge in [0, 0.05) is 28.6 Å². The molecule has 2 N–H and O–H groups in total. The summed E-state index contributed by atoms with van der Waals surface area (Å²) < 4.78 is 0.911. The Hall–Kier alpha value is -1.95. The molecule has 0 saturated carbocycles. The summed E-state index contributed by atoms with van der Waals surface area (Å²) in [7, 11) is 0. The van der Waals surface area contributed by atoms with Crippen molar-refractivity contribution >= 4 is 45.7 Å². The number of benzene rings is 1. The second-order valence-electron chi connectivity index (χ2n) is 5.01. The van der Waals surface area contributed by atoms with E-state index in [9.17, 15) is 9.59 Å². The van der Waals surface area contributed by atoms with Crippen LogP contribution >= 0.6 is 15.9 Å². The van der Waals surface area contributed by atoms with Crippen molar-refractivity contribution in [3.63, 3.8) is 0 Å². The first kappa shape index (κ1) is 16.4. The zero-order valence-electron chi connectivity index (χ0n) is 12.3. The summed E-state index contributed by atoms with van der Waals surface area (Å²) in [6.45, 7) is 2.36. The third kappa shape index (κ3) is 4.04. The van der Waals surface area contributed by atoms with Crippen molar-refractivity contribution in [2.75, 3.05) is 13.1 Å². The summed E-state index contributed by atoms with van der Waals surface area (Å²) in [4.78, 5) is 29.5. The number of nitrogens with zero attached hydrogens (tertiary/aromatic N) is 2. The molecule has 1 radical (unpaired) electrons. The fourth-order valence-corrected chi connectivity index (χ4v) is 2.62. The van der Waals surface area contributed by atoms with Gasteiger partial charge in [-0.25, -0.2) is 0 Å². The van der Waals surface area contributed by atoms with Gasteiger partial charge >= 0.3 is 0 Å². The van der Waals surface area contributed by atoms with E-state index in [0.717, 1.165) is 22.1 Å². The maximum atomic E-state index is 12.6. The minimum atomic E-state index is -0.517. The van der Waals surface area contributed by atoms with Crippen LogP contribution in [0, 0.1) is 0 Å². The van der Waals surface area contributed by atoms with Crippen molar-refractivity contribution in [3.8, 4) is 0 Å². The number of nitrogens with two attached hydrogens (primary N) is 1. The topological polar surface area (TPSA) is 75.8 Å². The van der Waals surface area contributed by atoms with E-state index in [1.165, 1.54) is 4.90 Å². The fraction of sp³-hybridized carbons (Fsp3) is 0.312.